The molecule has 0 aromatic rings. The van der Waals surface area contributed by atoms with Crippen LogP contribution >= 0.6 is 0 Å². The molecule has 0 aliphatic heterocycles. The molecule has 1 nitrogen and oxygen atoms in total. The van der Waals surface area contributed by atoms with Crippen LogP contribution in [0.5, 0.6) is 0 Å². The number of hydrogen-bond acceptors (Lipinski definition) is 1. The summed E-state index contributed by atoms with van der Waals surface area (Å²) in [5, 5.41) is 0. The first-order chi connectivity index (χ1) is 4.72. The quantitative estimate of drug-likeness (QED) is 0.498. The Balaban J connectivity index is 2.41. The van der Waals surface area contributed by atoms with E-state index in [1.54, 1.807) is 0 Å². The number of carbonyl (C=O) groups is 1. The molecule has 54 valence electrons. The molecule has 0 amide bonds. The molecule has 0 heterocycles. The molecule has 2 rings (SSSR count). The van der Waals surface area contributed by atoms with Crippen LogP contribution < -0.4 is 0 Å². The van der Waals surface area contributed by atoms with Gasteiger partial charge in [0.25, 0.3) is 0 Å². The molecule has 0 N–H and O–H groups in total. The maximum Gasteiger partial charge on any atom is 0.159 e. The molecule has 0 saturated heterocycles. The van der Waals surface area contributed by atoms with Gasteiger partial charge in [-0.2, -0.15) is 0 Å². The van der Waals surface area contributed by atoms with E-state index in [-0.39, 0.29) is 5.41 Å². The summed E-state index contributed by atoms with van der Waals surface area (Å²) >= 11 is 0. The topological polar surface area (TPSA) is 17.1 Å². The third kappa shape index (κ3) is 0.606. The average Bonchev–Trinajstić information content (AvgIpc) is 2.35. The minimum atomic E-state index is 0.289. The van der Waals surface area contributed by atoms with Gasteiger partial charge in [-0.3, -0.25) is 4.79 Å². The highest BCUT2D eigenvalue weighted by atomic mass is 16.1. The zero-order chi connectivity index (χ0) is 7.19. The van der Waals surface area contributed by atoms with Crippen LogP contribution in [0.3, 0.4) is 0 Å². The maximum atomic E-state index is 11.2. The van der Waals surface area contributed by atoms with Crippen molar-refractivity contribution in [2.24, 2.45) is 5.41 Å². The van der Waals surface area contributed by atoms with Crippen molar-refractivity contribution in [3.05, 3.63) is 11.6 Å². The van der Waals surface area contributed by atoms with Gasteiger partial charge < -0.3 is 0 Å². The van der Waals surface area contributed by atoms with Gasteiger partial charge in [0, 0.05) is 6.42 Å². The van der Waals surface area contributed by atoms with Crippen LogP contribution in [0.2, 0.25) is 0 Å². The van der Waals surface area contributed by atoms with Crippen molar-refractivity contribution in [1.29, 1.82) is 0 Å². The molecule has 0 bridgehead atoms. The van der Waals surface area contributed by atoms with E-state index in [4.69, 9.17) is 0 Å². The van der Waals surface area contributed by atoms with Gasteiger partial charge in [-0.1, -0.05) is 13.0 Å². The molecule has 0 spiro atoms. The number of fused-ring (bicyclic) bond motifs is 1. The predicted molar refractivity (Wildman–Crippen MR) is 39.7 cm³/mol. The molecule has 1 atom stereocenters. The maximum absolute atomic E-state index is 11.2. The Morgan fingerprint density at radius 3 is 3.00 bits per heavy atom. The molecular formula is C9H12O. The lowest BCUT2D eigenvalue weighted by Crippen LogP contribution is -2.10. The lowest BCUT2D eigenvalue weighted by molar-refractivity contribution is -0.114. The van der Waals surface area contributed by atoms with Crippen LogP contribution in [0.25, 0.3) is 0 Å². The molecule has 2 aliphatic rings. The van der Waals surface area contributed by atoms with Gasteiger partial charge in [0.1, 0.15) is 0 Å². The fourth-order valence-electron chi connectivity index (χ4n) is 2.15. The third-order valence-electron chi connectivity index (χ3n) is 2.90. The Labute approximate surface area is 61.1 Å². The van der Waals surface area contributed by atoms with Gasteiger partial charge in [-0.25, -0.2) is 0 Å². The molecule has 0 unspecified atom stereocenters. The van der Waals surface area contributed by atoms with E-state index in [1.165, 1.54) is 6.42 Å². The van der Waals surface area contributed by atoms with Crippen molar-refractivity contribution in [1.82, 2.24) is 0 Å². The summed E-state index contributed by atoms with van der Waals surface area (Å²) in [5.74, 6) is 0.403. The zero-order valence-electron chi connectivity index (χ0n) is 6.31. The summed E-state index contributed by atoms with van der Waals surface area (Å²) in [6.45, 7) is 2.22. The number of carbonyl (C=O) groups excluding carboxylic acids is 1. The smallest absolute Gasteiger partial charge is 0.159 e. The van der Waals surface area contributed by atoms with Crippen LogP contribution in [0.4, 0.5) is 0 Å². The molecule has 2 aliphatic carbocycles. The zero-order valence-corrected chi connectivity index (χ0v) is 6.31. The number of rotatable bonds is 0. The van der Waals surface area contributed by atoms with Crippen molar-refractivity contribution >= 4 is 5.78 Å². The molecule has 1 fully saturated rings. The number of hydrogen-bond donors (Lipinski definition) is 0. The first-order valence-electron chi connectivity index (χ1n) is 3.96. The summed E-state index contributed by atoms with van der Waals surface area (Å²) in [6.07, 6.45) is 6.35. The third-order valence-corrected chi connectivity index (χ3v) is 2.90. The number of Topliss-reactive ketones (excluding diaryl/α,β-unsaturated/α-hetero) is 1. The fourth-order valence-corrected chi connectivity index (χ4v) is 2.15. The molecule has 0 radical (unpaired) electrons. The molecule has 10 heavy (non-hydrogen) atoms. The van der Waals surface area contributed by atoms with Crippen LogP contribution in [-0.4, -0.2) is 5.78 Å². The minimum Gasteiger partial charge on any atom is -0.295 e. The lowest BCUT2D eigenvalue weighted by Gasteiger charge is -2.17. The van der Waals surface area contributed by atoms with Gasteiger partial charge in [-0.15, -0.1) is 0 Å². The SMILES string of the molecule is C[C@@]12CCC=C1C(=O)CC2. The van der Waals surface area contributed by atoms with Crippen LogP contribution in [0, 0.1) is 5.41 Å². The van der Waals surface area contributed by atoms with Crippen molar-refractivity contribution in [2.45, 2.75) is 32.6 Å². The normalized spacial score (nSPS) is 38.1. The summed E-state index contributed by atoms with van der Waals surface area (Å²) in [5.41, 5.74) is 1.42. The Kier molecular flexibility index (Phi) is 1.05. The van der Waals surface area contributed by atoms with Crippen molar-refractivity contribution in [2.75, 3.05) is 0 Å². The number of allylic oxidation sites excluding steroid dienone is 2. The second kappa shape index (κ2) is 1.71. The second-order valence-electron chi connectivity index (χ2n) is 3.64. The van der Waals surface area contributed by atoms with Gasteiger partial charge in [-0.05, 0) is 30.3 Å². The summed E-state index contributed by atoms with van der Waals surface area (Å²) < 4.78 is 0. The van der Waals surface area contributed by atoms with Gasteiger partial charge in [0.2, 0.25) is 0 Å². The van der Waals surface area contributed by atoms with Crippen LogP contribution in [0.15, 0.2) is 11.6 Å². The monoisotopic (exact) mass is 136 g/mol. The first kappa shape index (κ1) is 6.14. The van der Waals surface area contributed by atoms with Crippen molar-refractivity contribution < 1.29 is 4.79 Å². The van der Waals surface area contributed by atoms with E-state index in [0.717, 1.165) is 24.8 Å². The minimum absolute atomic E-state index is 0.289. The molecule has 1 saturated carbocycles. The standard InChI is InChI=1S/C9H12O/c1-9-5-2-3-7(9)8(10)4-6-9/h3H,2,4-6H2,1H3/t9-/m0/s1. The van der Waals surface area contributed by atoms with Crippen molar-refractivity contribution in [3.63, 3.8) is 0 Å². The molecular weight excluding hydrogens is 124 g/mol. The van der Waals surface area contributed by atoms with Crippen molar-refractivity contribution in [3.8, 4) is 0 Å². The van der Waals surface area contributed by atoms with E-state index < -0.39 is 0 Å². The summed E-state index contributed by atoms with van der Waals surface area (Å²) in [6, 6.07) is 0. The van der Waals surface area contributed by atoms with E-state index in [1.807, 2.05) is 0 Å². The number of ketones is 1. The second-order valence-corrected chi connectivity index (χ2v) is 3.64. The van der Waals surface area contributed by atoms with Gasteiger partial charge in [0.05, 0.1) is 0 Å². The van der Waals surface area contributed by atoms with Gasteiger partial charge in [0.15, 0.2) is 5.78 Å². The van der Waals surface area contributed by atoms with Gasteiger partial charge >= 0.3 is 0 Å². The highest BCUT2D eigenvalue weighted by Crippen LogP contribution is 2.48. The Morgan fingerprint density at radius 1 is 1.50 bits per heavy atom. The lowest BCUT2D eigenvalue weighted by atomic mass is 9.86. The fraction of sp³-hybridized carbons (Fsp3) is 0.667. The summed E-state index contributed by atoms with van der Waals surface area (Å²) in [4.78, 5) is 11.2. The Morgan fingerprint density at radius 2 is 2.30 bits per heavy atom. The predicted octanol–water partition coefficient (Wildman–Crippen LogP) is 2.08. The van der Waals surface area contributed by atoms with Crippen LogP contribution in [-0.2, 0) is 4.79 Å². The van der Waals surface area contributed by atoms with E-state index in [0.29, 0.717) is 5.78 Å². The van der Waals surface area contributed by atoms with E-state index in [9.17, 15) is 4.79 Å². The largest absolute Gasteiger partial charge is 0.295 e. The van der Waals surface area contributed by atoms with Crippen LogP contribution in [0.1, 0.15) is 32.6 Å². The molecule has 1 heteroatoms. The highest BCUT2D eigenvalue weighted by Gasteiger charge is 2.41. The average molecular weight is 136 g/mol. The Bertz CT molecular complexity index is 215. The molecule has 0 aromatic carbocycles. The van der Waals surface area contributed by atoms with E-state index in [2.05, 4.69) is 13.0 Å². The van der Waals surface area contributed by atoms with E-state index >= 15 is 0 Å². The summed E-state index contributed by atoms with van der Waals surface area (Å²) in [7, 11) is 0. The Hall–Kier alpha value is -0.590. The first-order valence-corrected chi connectivity index (χ1v) is 3.96. The highest BCUT2D eigenvalue weighted by molar-refractivity contribution is 5.99. The molecule has 0 aromatic heterocycles.